The fraction of sp³-hybridized carbons (Fsp3) is 0.529. The lowest BCUT2D eigenvalue weighted by Crippen LogP contribution is -2.35. The average molecular weight is 304 g/mol. The number of nitrogens with zero attached hydrogens (tertiary/aromatic N) is 1. The SMILES string of the molecule is CC(C)CN1CC(C(=O)NCCOc2ccccc2)CC1=O. The second-order valence-electron chi connectivity index (χ2n) is 6.05. The smallest absolute Gasteiger partial charge is 0.225 e. The maximum absolute atomic E-state index is 12.1. The summed E-state index contributed by atoms with van der Waals surface area (Å²) in [6.07, 6.45) is 0.318. The zero-order valence-electron chi connectivity index (χ0n) is 13.2. The first-order valence-corrected chi connectivity index (χ1v) is 7.79. The Morgan fingerprint density at radius 1 is 1.36 bits per heavy atom. The zero-order valence-corrected chi connectivity index (χ0v) is 13.2. The third kappa shape index (κ3) is 4.76. The molecule has 1 N–H and O–H groups in total. The van der Waals surface area contributed by atoms with Crippen molar-refractivity contribution in [2.45, 2.75) is 20.3 Å². The standard InChI is InChI=1S/C17H24N2O3/c1-13(2)11-19-12-14(10-16(19)20)17(21)18-8-9-22-15-6-4-3-5-7-15/h3-7,13-14H,8-12H2,1-2H3,(H,18,21). The Kier molecular flexibility index (Phi) is 5.81. The Bertz CT molecular complexity index is 502. The van der Waals surface area contributed by atoms with Crippen LogP contribution in [-0.2, 0) is 9.59 Å². The number of ether oxygens (including phenoxy) is 1. The number of para-hydroxylation sites is 1. The maximum atomic E-state index is 12.1. The summed E-state index contributed by atoms with van der Waals surface area (Å²) < 4.78 is 5.52. The van der Waals surface area contributed by atoms with E-state index in [-0.39, 0.29) is 17.7 Å². The van der Waals surface area contributed by atoms with Crippen LogP contribution < -0.4 is 10.1 Å². The lowest BCUT2D eigenvalue weighted by molar-refractivity contribution is -0.129. The quantitative estimate of drug-likeness (QED) is 0.780. The normalized spacial score (nSPS) is 17.9. The van der Waals surface area contributed by atoms with Gasteiger partial charge in [0.15, 0.2) is 0 Å². The van der Waals surface area contributed by atoms with Gasteiger partial charge in [-0.25, -0.2) is 0 Å². The molecular formula is C17H24N2O3. The highest BCUT2D eigenvalue weighted by Crippen LogP contribution is 2.19. The van der Waals surface area contributed by atoms with Crippen molar-refractivity contribution in [1.82, 2.24) is 10.2 Å². The molecule has 0 aliphatic carbocycles. The van der Waals surface area contributed by atoms with Gasteiger partial charge in [-0.1, -0.05) is 32.0 Å². The number of amides is 2. The van der Waals surface area contributed by atoms with Gasteiger partial charge in [0.05, 0.1) is 12.5 Å². The molecule has 22 heavy (non-hydrogen) atoms. The van der Waals surface area contributed by atoms with E-state index in [0.29, 0.717) is 32.0 Å². The van der Waals surface area contributed by atoms with Gasteiger partial charge in [-0.15, -0.1) is 0 Å². The van der Waals surface area contributed by atoms with Gasteiger partial charge in [-0.3, -0.25) is 9.59 Å². The molecule has 1 aromatic rings. The average Bonchev–Trinajstić information content (AvgIpc) is 2.85. The van der Waals surface area contributed by atoms with Gasteiger partial charge in [0.25, 0.3) is 0 Å². The van der Waals surface area contributed by atoms with Gasteiger partial charge >= 0.3 is 0 Å². The molecule has 1 aromatic carbocycles. The summed E-state index contributed by atoms with van der Waals surface area (Å²) in [4.78, 5) is 25.7. The number of hydrogen-bond donors (Lipinski definition) is 1. The molecule has 5 nitrogen and oxygen atoms in total. The van der Waals surface area contributed by atoms with Crippen LogP contribution in [0.15, 0.2) is 30.3 Å². The maximum Gasteiger partial charge on any atom is 0.225 e. The first-order chi connectivity index (χ1) is 10.6. The third-order valence-electron chi connectivity index (χ3n) is 3.58. The van der Waals surface area contributed by atoms with Crippen LogP contribution in [-0.4, -0.2) is 43.0 Å². The molecule has 1 fully saturated rings. The number of nitrogens with one attached hydrogen (secondary N) is 1. The number of rotatable bonds is 7. The van der Waals surface area contributed by atoms with Crippen LogP contribution in [0.2, 0.25) is 0 Å². The van der Waals surface area contributed by atoms with Crippen LogP contribution in [0.3, 0.4) is 0 Å². The second-order valence-corrected chi connectivity index (χ2v) is 6.05. The van der Waals surface area contributed by atoms with E-state index < -0.39 is 0 Å². The van der Waals surface area contributed by atoms with Crippen LogP contribution in [0.25, 0.3) is 0 Å². The minimum atomic E-state index is -0.233. The Labute approximate surface area is 131 Å². The molecule has 120 valence electrons. The highest BCUT2D eigenvalue weighted by atomic mass is 16.5. The highest BCUT2D eigenvalue weighted by Gasteiger charge is 2.34. The van der Waals surface area contributed by atoms with E-state index in [4.69, 9.17) is 4.74 Å². The van der Waals surface area contributed by atoms with Gasteiger partial charge in [-0.2, -0.15) is 0 Å². The van der Waals surface area contributed by atoms with E-state index >= 15 is 0 Å². The molecule has 0 aromatic heterocycles. The van der Waals surface area contributed by atoms with E-state index in [1.807, 2.05) is 30.3 Å². The third-order valence-corrected chi connectivity index (χ3v) is 3.58. The van der Waals surface area contributed by atoms with Crippen molar-refractivity contribution in [3.63, 3.8) is 0 Å². The molecule has 1 atom stereocenters. The molecule has 1 unspecified atom stereocenters. The second kappa shape index (κ2) is 7.82. The molecule has 2 rings (SSSR count). The van der Waals surface area contributed by atoms with Gasteiger partial charge in [0.1, 0.15) is 12.4 Å². The summed E-state index contributed by atoms with van der Waals surface area (Å²) in [5.41, 5.74) is 0. The lowest BCUT2D eigenvalue weighted by Gasteiger charge is -2.18. The van der Waals surface area contributed by atoms with Crippen molar-refractivity contribution in [1.29, 1.82) is 0 Å². The molecule has 1 aliphatic rings. The monoisotopic (exact) mass is 304 g/mol. The molecule has 1 aliphatic heterocycles. The van der Waals surface area contributed by atoms with Crippen LogP contribution >= 0.6 is 0 Å². The van der Waals surface area contributed by atoms with Crippen molar-refractivity contribution >= 4 is 11.8 Å². The van der Waals surface area contributed by atoms with Gasteiger partial charge in [0, 0.05) is 19.5 Å². The number of likely N-dealkylation sites (tertiary alicyclic amines) is 1. The van der Waals surface area contributed by atoms with Crippen molar-refractivity contribution in [2.75, 3.05) is 26.2 Å². The van der Waals surface area contributed by atoms with Crippen molar-refractivity contribution < 1.29 is 14.3 Å². The van der Waals surface area contributed by atoms with E-state index in [1.54, 1.807) is 4.90 Å². The zero-order chi connectivity index (χ0) is 15.9. The topological polar surface area (TPSA) is 58.6 Å². The fourth-order valence-electron chi connectivity index (χ4n) is 2.57. The van der Waals surface area contributed by atoms with E-state index in [9.17, 15) is 9.59 Å². The minimum Gasteiger partial charge on any atom is -0.492 e. The van der Waals surface area contributed by atoms with Crippen molar-refractivity contribution in [3.05, 3.63) is 30.3 Å². The Balaban J connectivity index is 1.68. The number of hydrogen-bond acceptors (Lipinski definition) is 3. The molecule has 1 heterocycles. The van der Waals surface area contributed by atoms with E-state index in [1.165, 1.54) is 0 Å². The largest absolute Gasteiger partial charge is 0.492 e. The van der Waals surface area contributed by atoms with Gasteiger partial charge in [-0.05, 0) is 18.1 Å². The summed E-state index contributed by atoms with van der Waals surface area (Å²) in [6.45, 7) is 6.26. The number of benzene rings is 1. The molecular weight excluding hydrogens is 280 g/mol. The Morgan fingerprint density at radius 2 is 2.09 bits per heavy atom. The summed E-state index contributed by atoms with van der Waals surface area (Å²) >= 11 is 0. The summed E-state index contributed by atoms with van der Waals surface area (Å²) in [5.74, 6) is 0.995. The number of carbonyl (C=O) groups is 2. The molecule has 0 bridgehead atoms. The minimum absolute atomic E-state index is 0.0590. The van der Waals surface area contributed by atoms with Gasteiger partial charge in [0.2, 0.25) is 11.8 Å². The van der Waals surface area contributed by atoms with Crippen LogP contribution in [0.1, 0.15) is 20.3 Å². The first-order valence-electron chi connectivity index (χ1n) is 7.79. The lowest BCUT2D eigenvalue weighted by atomic mass is 10.1. The molecule has 0 spiro atoms. The highest BCUT2D eigenvalue weighted by molar-refractivity contribution is 5.89. The predicted molar refractivity (Wildman–Crippen MR) is 84.5 cm³/mol. The van der Waals surface area contributed by atoms with Crippen LogP contribution in [0.5, 0.6) is 5.75 Å². The predicted octanol–water partition coefficient (Wildman–Crippen LogP) is 1.69. The summed E-state index contributed by atoms with van der Waals surface area (Å²) in [6, 6.07) is 9.49. The summed E-state index contributed by atoms with van der Waals surface area (Å²) in [5, 5.41) is 2.85. The summed E-state index contributed by atoms with van der Waals surface area (Å²) in [7, 11) is 0. The molecule has 5 heteroatoms. The van der Waals surface area contributed by atoms with Crippen molar-refractivity contribution in [2.24, 2.45) is 11.8 Å². The Morgan fingerprint density at radius 3 is 2.77 bits per heavy atom. The Hall–Kier alpha value is -2.04. The van der Waals surface area contributed by atoms with E-state index in [2.05, 4.69) is 19.2 Å². The molecule has 2 amide bonds. The fourth-order valence-corrected chi connectivity index (χ4v) is 2.57. The van der Waals surface area contributed by atoms with Gasteiger partial charge < -0.3 is 15.0 Å². The number of carbonyl (C=O) groups excluding carboxylic acids is 2. The molecule has 0 radical (unpaired) electrons. The van der Waals surface area contributed by atoms with Crippen molar-refractivity contribution in [3.8, 4) is 5.75 Å². The first kappa shape index (κ1) is 16.3. The van der Waals surface area contributed by atoms with Crippen LogP contribution in [0, 0.1) is 11.8 Å². The molecule has 1 saturated heterocycles. The van der Waals surface area contributed by atoms with Crippen LogP contribution in [0.4, 0.5) is 0 Å². The van der Waals surface area contributed by atoms with E-state index in [0.717, 1.165) is 12.3 Å². The molecule has 0 saturated carbocycles.